The summed E-state index contributed by atoms with van der Waals surface area (Å²) in [6.45, 7) is 1.69. The number of rotatable bonds is 3. The average molecular weight is 545 g/mol. The molecule has 0 unspecified atom stereocenters. The molecule has 0 saturated carbocycles. The van der Waals surface area contributed by atoms with Gasteiger partial charge in [-0.15, -0.1) is 11.3 Å². The average Bonchev–Trinajstić information content (AvgIpc) is 3.34. The van der Waals surface area contributed by atoms with Crippen LogP contribution in [0.3, 0.4) is 0 Å². The second-order valence-corrected chi connectivity index (χ2v) is 11.3. The SMILES string of the molecule is Cc1cc(-c2ccc3cc(-c4ccc(-c5ccc6sc7ccccc7c6c5)cc4)ccc3c2)cc(C(F)(F)F)c1. The predicted octanol–water partition coefficient (Wildman–Crippen LogP) is 11.5. The van der Waals surface area contributed by atoms with Crippen molar-refractivity contribution in [3.8, 4) is 33.4 Å². The van der Waals surface area contributed by atoms with E-state index >= 15 is 0 Å². The minimum atomic E-state index is -4.37. The summed E-state index contributed by atoms with van der Waals surface area (Å²) < 4.78 is 42.6. The third-order valence-corrected chi connectivity index (χ3v) is 8.66. The summed E-state index contributed by atoms with van der Waals surface area (Å²) >= 11 is 1.82. The number of hydrogen-bond acceptors (Lipinski definition) is 1. The van der Waals surface area contributed by atoms with Crippen molar-refractivity contribution in [2.24, 2.45) is 0 Å². The van der Waals surface area contributed by atoms with Gasteiger partial charge in [0, 0.05) is 20.2 Å². The van der Waals surface area contributed by atoms with Gasteiger partial charge in [-0.1, -0.05) is 78.9 Å². The molecule has 194 valence electrons. The van der Waals surface area contributed by atoms with Crippen LogP contribution in [0.25, 0.3) is 64.3 Å². The zero-order valence-corrected chi connectivity index (χ0v) is 22.4. The highest BCUT2D eigenvalue weighted by Crippen LogP contribution is 2.37. The summed E-state index contributed by atoms with van der Waals surface area (Å²) in [7, 11) is 0. The van der Waals surface area contributed by atoms with Crippen molar-refractivity contribution >= 4 is 42.3 Å². The van der Waals surface area contributed by atoms with Crippen molar-refractivity contribution in [3.05, 3.63) is 132 Å². The van der Waals surface area contributed by atoms with E-state index in [1.165, 1.54) is 43.4 Å². The quantitative estimate of drug-likeness (QED) is 0.208. The van der Waals surface area contributed by atoms with Gasteiger partial charge in [-0.25, -0.2) is 0 Å². The van der Waals surface area contributed by atoms with Crippen molar-refractivity contribution in [1.82, 2.24) is 0 Å². The fourth-order valence-corrected chi connectivity index (χ4v) is 6.57. The van der Waals surface area contributed by atoms with E-state index in [-0.39, 0.29) is 0 Å². The Morgan fingerprint density at radius 2 is 1.02 bits per heavy atom. The van der Waals surface area contributed by atoms with Crippen molar-refractivity contribution < 1.29 is 13.2 Å². The van der Waals surface area contributed by atoms with Gasteiger partial charge in [0.25, 0.3) is 0 Å². The van der Waals surface area contributed by atoms with Gasteiger partial charge in [0.1, 0.15) is 0 Å². The highest BCUT2D eigenvalue weighted by atomic mass is 32.1. The van der Waals surface area contributed by atoms with Gasteiger partial charge >= 0.3 is 6.18 Å². The molecule has 0 aliphatic carbocycles. The normalized spacial score (nSPS) is 12.0. The van der Waals surface area contributed by atoms with Crippen LogP contribution in [0.5, 0.6) is 0 Å². The Labute approximate surface area is 234 Å². The number of halogens is 3. The van der Waals surface area contributed by atoms with Crippen LogP contribution in [0.2, 0.25) is 0 Å². The fraction of sp³-hybridized carbons (Fsp3) is 0.0556. The van der Waals surface area contributed by atoms with E-state index in [1.807, 2.05) is 35.6 Å². The van der Waals surface area contributed by atoms with Crippen LogP contribution in [-0.2, 0) is 6.18 Å². The van der Waals surface area contributed by atoms with Crippen molar-refractivity contribution in [2.75, 3.05) is 0 Å². The number of alkyl halides is 3. The zero-order valence-electron chi connectivity index (χ0n) is 21.6. The van der Waals surface area contributed by atoms with Crippen LogP contribution in [0.4, 0.5) is 13.2 Å². The monoisotopic (exact) mass is 544 g/mol. The van der Waals surface area contributed by atoms with E-state index in [2.05, 4.69) is 78.9 Å². The molecule has 0 nitrogen and oxygen atoms in total. The number of aryl methyl sites for hydroxylation is 1. The largest absolute Gasteiger partial charge is 0.416 e. The Kier molecular flexibility index (Phi) is 5.76. The highest BCUT2D eigenvalue weighted by molar-refractivity contribution is 7.25. The first-order valence-corrected chi connectivity index (χ1v) is 13.9. The van der Waals surface area contributed by atoms with Gasteiger partial charge in [0.15, 0.2) is 0 Å². The lowest BCUT2D eigenvalue weighted by atomic mass is 9.95. The molecule has 0 aliphatic heterocycles. The Morgan fingerprint density at radius 1 is 0.475 bits per heavy atom. The second kappa shape index (κ2) is 9.35. The van der Waals surface area contributed by atoms with Gasteiger partial charge in [-0.05, 0) is 99.1 Å². The summed E-state index contributed by atoms with van der Waals surface area (Å²) in [6, 6.07) is 40.1. The maximum atomic E-state index is 13.3. The Bertz CT molecular complexity index is 2050. The van der Waals surface area contributed by atoms with Gasteiger partial charge in [-0.3, -0.25) is 0 Å². The first-order chi connectivity index (χ1) is 19.3. The molecule has 0 N–H and O–H groups in total. The number of thiophene rings is 1. The van der Waals surface area contributed by atoms with Crippen molar-refractivity contribution in [2.45, 2.75) is 13.1 Å². The molecule has 0 spiro atoms. The molecule has 0 saturated heterocycles. The third-order valence-electron chi connectivity index (χ3n) is 7.51. The minimum absolute atomic E-state index is 0.572. The molecule has 0 fully saturated rings. The first-order valence-electron chi connectivity index (χ1n) is 13.1. The lowest BCUT2D eigenvalue weighted by Crippen LogP contribution is -2.05. The van der Waals surface area contributed by atoms with Crippen molar-refractivity contribution in [3.63, 3.8) is 0 Å². The molecule has 4 heteroatoms. The van der Waals surface area contributed by atoms with Crippen LogP contribution in [-0.4, -0.2) is 0 Å². The molecule has 40 heavy (non-hydrogen) atoms. The number of benzene rings is 6. The van der Waals surface area contributed by atoms with E-state index in [0.29, 0.717) is 11.1 Å². The zero-order chi connectivity index (χ0) is 27.4. The standard InChI is InChI=1S/C36H23F3S/c1-22-16-30(20-31(17-22)36(37,38)39)28-13-12-26-18-25(10-11-27(26)19-28)23-6-8-24(9-7-23)29-14-15-35-33(21-29)32-4-2-3-5-34(32)40-35/h2-21H,1H3. The fourth-order valence-electron chi connectivity index (χ4n) is 5.48. The first kappa shape index (κ1) is 24.6. The molecular weight excluding hydrogens is 521 g/mol. The Hall–Kier alpha value is -4.41. The molecule has 0 radical (unpaired) electrons. The summed E-state index contributed by atoms with van der Waals surface area (Å²) in [5.74, 6) is 0. The second-order valence-electron chi connectivity index (χ2n) is 10.2. The summed E-state index contributed by atoms with van der Waals surface area (Å²) in [4.78, 5) is 0. The van der Waals surface area contributed by atoms with E-state index in [9.17, 15) is 13.2 Å². The molecule has 0 amide bonds. The van der Waals surface area contributed by atoms with Gasteiger partial charge in [0.2, 0.25) is 0 Å². The predicted molar refractivity (Wildman–Crippen MR) is 163 cm³/mol. The van der Waals surface area contributed by atoms with Crippen LogP contribution >= 0.6 is 11.3 Å². The van der Waals surface area contributed by atoms with E-state index < -0.39 is 11.7 Å². The number of hydrogen-bond donors (Lipinski definition) is 0. The van der Waals surface area contributed by atoms with E-state index in [1.54, 1.807) is 13.0 Å². The molecule has 0 atom stereocenters. The third kappa shape index (κ3) is 4.44. The highest BCUT2D eigenvalue weighted by Gasteiger charge is 2.31. The lowest BCUT2D eigenvalue weighted by molar-refractivity contribution is -0.137. The maximum absolute atomic E-state index is 13.3. The molecule has 1 aromatic heterocycles. The molecule has 0 aliphatic rings. The maximum Gasteiger partial charge on any atom is 0.416 e. The lowest BCUT2D eigenvalue weighted by Gasteiger charge is -2.12. The van der Waals surface area contributed by atoms with E-state index in [0.717, 1.165) is 27.5 Å². The minimum Gasteiger partial charge on any atom is -0.166 e. The molecular formula is C36H23F3S. The molecule has 0 bridgehead atoms. The van der Waals surface area contributed by atoms with Gasteiger partial charge in [-0.2, -0.15) is 13.2 Å². The van der Waals surface area contributed by atoms with Crippen LogP contribution in [0.15, 0.2) is 121 Å². The topological polar surface area (TPSA) is 0 Å². The smallest absolute Gasteiger partial charge is 0.166 e. The summed E-state index contributed by atoms with van der Waals surface area (Å²) in [6.07, 6.45) is -4.37. The van der Waals surface area contributed by atoms with Crippen LogP contribution < -0.4 is 0 Å². The van der Waals surface area contributed by atoms with E-state index in [4.69, 9.17) is 0 Å². The molecule has 6 aromatic carbocycles. The molecule has 1 heterocycles. The van der Waals surface area contributed by atoms with Crippen molar-refractivity contribution in [1.29, 1.82) is 0 Å². The van der Waals surface area contributed by atoms with Gasteiger partial charge in [0.05, 0.1) is 5.56 Å². The molecule has 7 rings (SSSR count). The Morgan fingerprint density at radius 3 is 1.70 bits per heavy atom. The summed E-state index contributed by atoms with van der Waals surface area (Å²) in [5, 5.41) is 4.62. The van der Waals surface area contributed by atoms with Crippen LogP contribution in [0, 0.1) is 6.92 Å². The number of fused-ring (bicyclic) bond motifs is 4. The Balaban J connectivity index is 1.19. The van der Waals surface area contributed by atoms with Gasteiger partial charge < -0.3 is 0 Å². The molecule has 7 aromatic rings. The summed E-state index contributed by atoms with van der Waals surface area (Å²) in [5.41, 5.74) is 5.89. The van der Waals surface area contributed by atoms with Crippen LogP contribution in [0.1, 0.15) is 11.1 Å².